The minimum Gasteiger partial charge on any atom is -0.494 e. The van der Waals surface area contributed by atoms with Crippen molar-refractivity contribution in [1.29, 1.82) is 0 Å². The molecule has 4 aromatic rings. The van der Waals surface area contributed by atoms with E-state index in [9.17, 15) is 19.5 Å². The highest BCUT2D eigenvalue weighted by Crippen LogP contribution is 2.23. The maximum Gasteiger partial charge on any atom is 0.332 e. The first-order chi connectivity index (χ1) is 14.4. The van der Waals surface area contributed by atoms with E-state index >= 15 is 0 Å². The molecule has 0 fully saturated rings. The number of fused-ring (bicyclic) bond motifs is 3. The summed E-state index contributed by atoms with van der Waals surface area (Å²) in [6, 6.07) is 9.33. The molecule has 0 unspecified atom stereocenters. The van der Waals surface area contributed by atoms with Gasteiger partial charge in [0.05, 0.1) is 5.56 Å². The predicted octanol–water partition coefficient (Wildman–Crippen LogP) is 1.14. The Morgan fingerprint density at radius 2 is 1.70 bits per heavy atom. The number of rotatable bonds is 5. The van der Waals surface area contributed by atoms with Gasteiger partial charge in [0.1, 0.15) is 0 Å². The van der Waals surface area contributed by atoms with E-state index in [1.807, 2.05) is 37.3 Å². The van der Waals surface area contributed by atoms with Gasteiger partial charge in [-0.25, -0.2) is 9.20 Å². The van der Waals surface area contributed by atoms with E-state index in [0.29, 0.717) is 6.54 Å². The molecule has 156 valence electrons. The molecule has 3 heterocycles. The average molecular weight is 409 g/mol. The summed E-state index contributed by atoms with van der Waals surface area (Å²) in [5, 5.41) is 11.1. The fourth-order valence-corrected chi connectivity index (χ4v) is 3.72. The molecule has 0 aliphatic heterocycles. The molecule has 30 heavy (non-hydrogen) atoms. The summed E-state index contributed by atoms with van der Waals surface area (Å²) in [4.78, 5) is 42.9. The van der Waals surface area contributed by atoms with Gasteiger partial charge in [0, 0.05) is 27.1 Å². The van der Waals surface area contributed by atoms with E-state index in [1.54, 1.807) is 0 Å². The van der Waals surface area contributed by atoms with Crippen LogP contribution in [0.3, 0.4) is 0 Å². The molecule has 0 spiro atoms. The van der Waals surface area contributed by atoms with E-state index < -0.39 is 11.2 Å². The van der Waals surface area contributed by atoms with Gasteiger partial charge in [-0.1, -0.05) is 43.7 Å². The first-order valence-corrected chi connectivity index (χ1v) is 9.83. The molecule has 3 aromatic heterocycles. The molecule has 1 aromatic carbocycles. The van der Waals surface area contributed by atoms with Crippen molar-refractivity contribution < 1.29 is 5.11 Å². The van der Waals surface area contributed by atoms with Crippen LogP contribution < -0.4 is 16.8 Å². The molecule has 9 nitrogen and oxygen atoms in total. The number of aryl methyl sites for hydroxylation is 2. The molecule has 0 atom stereocenters. The summed E-state index contributed by atoms with van der Waals surface area (Å²) >= 11 is 0. The van der Waals surface area contributed by atoms with Crippen LogP contribution in [0, 0.1) is 0 Å². The molecular formula is C21H23N5O4. The maximum atomic E-state index is 13.3. The number of unbranched alkanes of at least 4 members (excludes halogenated alkanes) is 1. The molecule has 0 aliphatic rings. The van der Waals surface area contributed by atoms with Crippen LogP contribution in [0.15, 0.2) is 44.7 Å². The smallest absolute Gasteiger partial charge is 0.332 e. The van der Waals surface area contributed by atoms with Gasteiger partial charge in [0.15, 0.2) is 11.2 Å². The highest BCUT2D eigenvalue weighted by atomic mass is 16.3. The summed E-state index contributed by atoms with van der Waals surface area (Å²) in [7, 11) is 2.88. The Kier molecular flexibility index (Phi) is 4.81. The quantitative estimate of drug-likeness (QED) is 0.532. The predicted molar refractivity (Wildman–Crippen MR) is 113 cm³/mol. The van der Waals surface area contributed by atoms with Gasteiger partial charge >= 0.3 is 5.69 Å². The lowest BCUT2D eigenvalue weighted by Crippen LogP contribution is -2.37. The summed E-state index contributed by atoms with van der Waals surface area (Å²) in [5.41, 5.74) is -0.235. The number of hydrogen-bond acceptors (Lipinski definition) is 5. The normalized spacial score (nSPS) is 11.6. The number of aromatic hydroxyl groups is 1. The second-order valence-electron chi connectivity index (χ2n) is 7.40. The summed E-state index contributed by atoms with van der Waals surface area (Å²) in [5.74, 6) is -0.180. The van der Waals surface area contributed by atoms with Crippen LogP contribution in [-0.2, 0) is 27.1 Å². The van der Waals surface area contributed by atoms with Crippen LogP contribution in [0.1, 0.15) is 30.9 Å². The second-order valence-corrected chi connectivity index (χ2v) is 7.40. The van der Waals surface area contributed by atoms with Crippen molar-refractivity contribution in [3.05, 3.63) is 72.7 Å². The standard InChI is InChI=1S/C21H23N5O4/c1-4-5-11-25-17(27)14(12-13-9-7-6-8-10-13)18(28)26-15-16(22-20(25)26)23(2)21(30)24(3)19(15)29/h6-10,28H,4-5,11-12H2,1-3H3. The fraction of sp³-hybridized carbons (Fsp3) is 0.333. The monoisotopic (exact) mass is 409 g/mol. The Labute approximate surface area is 171 Å². The lowest BCUT2D eigenvalue weighted by atomic mass is 10.1. The van der Waals surface area contributed by atoms with Gasteiger partial charge in [-0.2, -0.15) is 4.98 Å². The molecule has 0 bridgehead atoms. The lowest BCUT2D eigenvalue weighted by molar-refractivity contribution is 0.433. The van der Waals surface area contributed by atoms with E-state index in [2.05, 4.69) is 4.98 Å². The first-order valence-electron chi connectivity index (χ1n) is 9.83. The Morgan fingerprint density at radius 3 is 2.37 bits per heavy atom. The summed E-state index contributed by atoms with van der Waals surface area (Å²) in [6.45, 7) is 2.40. The maximum absolute atomic E-state index is 13.3. The van der Waals surface area contributed by atoms with Crippen molar-refractivity contribution in [1.82, 2.24) is 23.1 Å². The van der Waals surface area contributed by atoms with Gasteiger partial charge in [-0.05, 0) is 12.0 Å². The van der Waals surface area contributed by atoms with E-state index in [4.69, 9.17) is 0 Å². The van der Waals surface area contributed by atoms with Crippen LogP contribution in [0.4, 0.5) is 0 Å². The molecular weight excluding hydrogens is 386 g/mol. The van der Waals surface area contributed by atoms with Crippen LogP contribution in [-0.4, -0.2) is 28.2 Å². The van der Waals surface area contributed by atoms with Gasteiger partial charge in [-0.3, -0.25) is 23.3 Å². The number of benzene rings is 1. The minimum absolute atomic E-state index is 0.0617. The second kappa shape index (κ2) is 7.33. The topological polar surface area (TPSA) is 104 Å². The molecule has 0 radical (unpaired) electrons. The Hall–Kier alpha value is -3.62. The SMILES string of the molecule is CCCCn1c(=O)c(Cc2ccccc2)c(O)n2c3c(=O)n(C)c(=O)n(C)c3nc12. The zero-order valence-corrected chi connectivity index (χ0v) is 17.1. The van der Waals surface area contributed by atoms with Crippen LogP contribution in [0.2, 0.25) is 0 Å². The molecule has 0 saturated carbocycles. The number of hydrogen-bond donors (Lipinski definition) is 1. The Morgan fingerprint density at radius 1 is 1.00 bits per heavy atom. The third-order valence-corrected chi connectivity index (χ3v) is 5.43. The Bertz CT molecular complexity index is 1440. The van der Waals surface area contributed by atoms with E-state index in [0.717, 1.165) is 23.0 Å². The third kappa shape index (κ3) is 2.85. The van der Waals surface area contributed by atoms with Gasteiger partial charge in [0.2, 0.25) is 11.7 Å². The van der Waals surface area contributed by atoms with Crippen molar-refractivity contribution in [2.45, 2.75) is 32.7 Å². The molecule has 1 N–H and O–H groups in total. The number of nitrogens with zero attached hydrogens (tertiary/aromatic N) is 5. The van der Waals surface area contributed by atoms with Crippen molar-refractivity contribution in [2.75, 3.05) is 0 Å². The molecule has 0 saturated heterocycles. The molecule has 4 rings (SSSR count). The van der Waals surface area contributed by atoms with Crippen LogP contribution in [0.25, 0.3) is 16.9 Å². The van der Waals surface area contributed by atoms with Crippen LogP contribution >= 0.6 is 0 Å². The zero-order chi connectivity index (χ0) is 21.6. The molecule has 9 heteroatoms. The lowest BCUT2D eigenvalue weighted by Gasteiger charge is -2.13. The first kappa shape index (κ1) is 19.7. The number of imidazole rings is 1. The number of aromatic nitrogens is 5. The summed E-state index contributed by atoms with van der Waals surface area (Å²) < 4.78 is 4.99. The van der Waals surface area contributed by atoms with Gasteiger partial charge in [0.25, 0.3) is 11.1 Å². The van der Waals surface area contributed by atoms with E-state index in [1.165, 1.54) is 27.6 Å². The minimum atomic E-state index is -0.581. The fourth-order valence-electron chi connectivity index (χ4n) is 3.72. The van der Waals surface area contributed by atoms with Gasteiger partial charge in [-0.15, -0.1) is 0 Å². The van der Waals surface area contributed by atoms with Gasteiger partial charge < -0.3 is 5.11 Å². The zero-order valence-electron chi connectivity index (χ0n) is 17.1. The third-order valence-electron chi connectivity index (χ3n) is 5.43. The highest BCUT2D eigenvalue weighted by molar-refractivity contribution is 5.76. The average Bonchev–Trinajstić information content (AvgIpc) is 3.15. The van der Waals surface area contributed by atoms with Crippen molar-refractivity contribution in [2.24, 2.45) is 14.1 Å². The summed E-state index contributed by atoms with van der Waals surface area (Å²) in [6.07, 6.45) is 1.79. The van der Waals surface area contributed by atoms with E-state index in [-0.39, 0.29) is 40.4 Å². The van der Waals surface area contributed by atoms with Crippen molar-refractivity contribution in [3.8, 4) is 5.88 Å². The highest BCUT2D eigenvalue weighted by Gasteiger charge is 2.24. The van der Waals surface area contributed by atoms with Crippen molar-refractivity contribution in [3.63, 3.8) is 0 Å². The molecule has 0 aliphatic carbocycles. The van der Waals surface area contributed by atoms with Crippen molar-refractivity contribution >= 4 is 16.9 Å². The van der Waals surface area contributed by atoms with Crippen LogP contribution in [0.5, 0.6) is 5.88 Å². The largest absolute Gasteiger partial charge is 0.494 e. The Balaban J connectivity index is 2.16. The molecule has 0 amide bonds.